The lowest BCUT2D eigenvalue weighted by Crippen LogP contribution is -2.50. The van der Waals surface area contributed by atoms with Crippen LogP contribution in [0.5, 0.6) is 5.75 Å². The van der Waals surface area contributed by atoms with Gasteiger partial charge in [0.1, 0.15) is 11.5 Å². The van der Waals surface area contributed by atoms with Gasteiger partial charge in [0.05, 0.1) is 12.8 Å². The maximum Gasteiger partial charge on any atom is 0.153 e. The maximum atomic E-state index is 5.95. The molecule has 0 bridgehead atoms. The first-order valence-corrected chi connectivity index (χ1v) is 9.93. The van der Waals surface area contributed by atoms with Gasteiger partial charge in [-0.3, -0.25) is 5.32 Å². The van der Waals surface area contributed by atoms with Gasteiger partial charge in [0.15, 0.2) is 5.82 Å². The molecule has 0 aliphatic carbocycles. The van der Waals surface area contributed by atoms with E-state index >= 15 is 0 Å². The third-order valence-electron chi connectivity index (χ3n) is 5.84. The first-order chi connectivity index (χ1) is 14.1. The largest absolute Gasteiger partial charge is 0.497 e. The van der Waals surface area contributed by atoms with E-state index in [9.17, 15) is 0 Å². The van der Waals surface area contributed by atoms with Crippen LogP contribution in [0.25, 0.3) is 5.69 Å². The number of benzene rings is 2. The minimum atomic E-state index is -0.450. The summed E-state index contributed by atoms with van der Waals surface area (Å²) in [6, 6.07) is 16.5. The van der Waals surface area contributed by atoms with Gasteiger partial charge in [-0.1, -0.05) is 30.3 Å². The molecule has 152 valence electrons. The Morgan fingerprint density at radius 3 is 2.55 bits per heavy atom. The molecule has 7 nitrogen and oxygen atoms in total. The number of tetrazole rings is 1. The highest BCUT2D eigenvalue weighted by Crippen LogP contribution is 2.35. The zero-order valence-corrected chi connectivity index (χ0v) is 17.1. The highest BCUT2D eigenvalue weighted by molar-refractivity contribution is 5.41. The second kappa shape index (κ2) is 8.31. The van der Waals surface area contributed by atoms with Crippen molar-refractivity contribution in [1.29, 1.82) is 0 Å². The Balaban J connectivity index is 1.48. The molecule has 1 saturated heterocycles. The molecular weight excluding hydrogens is 366 g/mol. The quantitative estimate of drug-likeness (QED) is 0.694. The Morgan fingerprint density at radius 2 is 1.93 bits per heavy atom. The highest BCUT2D eigenvalue weighted by Gasteiger charge is 2.36. The molecule has 2 aromatic carbocycles. The molecule has 2 unspecified atom stereocenters. The van der Waals surface area contributed by atoms with Gasteiger partial charge in [0.25, 0.3) is 0 Å². The average molecular weight is 393 g/mol. The lowest BCUT2D eigenvalue weighted by atomic mass is 9.84. The van der Waals surface area contributed by atoms with Gasteiger partial charge in [-0.25, -0.2) is 0 Å². The zero-order chi connectivity index (χ0) is 20.3. The number of aromatic nitrogens is 4. The zero-order valence-electron chi connectivity index (χ0n) is 17.1. The van der Waals surface area contributed by atoms with Crippen molar-refractivity contribution in [3.63, 3.8) is 0 Å². The van der Waals surface area contributed by atoms with Crippen molar-refractivity contribution in [2.75, 3.05) is 20.8 Å². The molecule has 0 spiro atoms. The SMILES string of the molecule is COc1ccc(C2(OC)CCC(Cc3ccccc3-n3nnnc3C)CN2)cc1. The summed E-state index contributed by atoms with van der Waals surface area (Å²) in [7, 11) is 3.45. The summed E-state index contributed by atoms with van der Waals surface area (Å²) in [6.07, 6.45) is 2.94. The van der Waals surface area contributed by atoms with E-state index in [1.807, 2.05) is 29.8 Å². The minimum Gasteiger partial charge on any atom is -0.497 e. The monoisotopic (exact) mass is 393 g/mol. The van der Waals surface area contributed by atoms with Crippen LogP contribution in [0.4, 0.5) is 0 Å². The molecule has 1 aromatic heterocycles. The lowest BCUT2D eigenvalue weighted by molar-refractivity contribution is -0.0741. The summed E-state index contributed by atoms with van der Waals surface area (Å²) in [5.74, 6) is 2.15. The van der Waals surface area contributed by atoms with Crippen molar-refractivity contribution < 1.29 is 9.47 Å². The van der Waals surface area contributed by atoms with E-state index in [0.717, 1.165) is 48.6 Å². The van der Waals surface area contributed by atoms with Gasteiger partial charge < -0.3 is 9.47 Å². The lowest BCUT2D eigenvalue weighted by Gasteiger charge is -2.40. The summed E-state index contributed by atoms with van der Waals surface area (Å²) in [5.41, 5.74) is 2.98. The number of ether oxygens (including phenoxy) is 2. The standard InChI is InChI=1S/C22H27N5O2/c1-16-24-25-26-27(16)21-7-5-4-6-18(21)14-17-12-13-22(29-3,23-15-17)19-8-10-20(28-2)11-9-19/h4-11,17,23H,12-15H2,1-3H3. The predicted molar refractivity (Wildman–Crippen MR) is 110 cm³/mol. The molecule has 3 aromatic rings. The second-order valence-electron chi connectivity index (χ2n) is 7.52. The molecule has 0 amide bonds. The smallest absolute Gasteiger partial charge is 0.153 e. The van der Waals surface area contributed by atoms with E-state index in [1.54, 1.807) is 14.2 Å². The normalized spacial score (nSPS) is 21.8. The number of nitrogens with zero attached hydrogens (tertiary/aromatic N) is 4. The number of hydrogen-bond acceptors (Lipinski definition) is 6. The maximum absolute atomic E-state index is 5.95. The minimum absolute atomic E-state index is 0.450. The molecular formula is C22H27N5O2. The molecule has 1 aliphatic heterocycles. The Morgan fingerprint density at radius 1 is 1.14 bits per heavy atom. The summed E-state index contributed by atoms with van der Waals surface area (Å²) < 4.78 is 13.0. The summed E-state index contributed by atoms with van der Waals surface area (Å²) in [6.45, 7) is 2.80. The van der Waals surface area contributed by atoms with Crippen molar-refractivity contribution in [3.8, 4) is 11.4 Å². The van der Waals surface area contributed by atoms with E-state index in [0.29, 0.717) is 5.92 Å². The van der Waals surface area contributed by atoms with E-state index in [4.69, 9.17) is 9.47 Å². The molecule has 1 fully saturated rings. The van der Waals surface area contributed by atoms with Crippen molar-refractivity contribution >= 4 is 0 Å². The highest BCUT2D eigenvalue weighted by atomic mass is 16.5. The van der Waals surface area contributed by atoms with Crippen LogP contribution in [0, 0.1) is 12.8 Å². The fraction of sp³-hybridized carbons (Fsp3) is 0.409. The van der Waals surface area contributed by atoms with Crippen LogP contribution in [-0.2, 0) is 16.9 Å². The number of rotatable bonds is 6. The molecule has 7 heteroatoms. The summed E-state index contributed by atoms with van der Waals surface area (Å²) >= 11 is 0. The van der Waals surface area contributed by atoms with Crippen molar-refractivity contribution in [3.05, 3.63) is 65.5 Å². The summed E-state index contributed by atoms with van der Waals surface area (Å²) in [4.78, 5) is 0. The van der Waals surface area contributed by atoms with Crippen LogP contribution in [0.15, 0.2) is 48.5 Å². The molecule has 29 heavy (non-hydrogen) atoms. The number of hydrogen-bond donors (Lipinski definition) is 1. The molecule has 0 saturated carbocycles. The van der Waals surface area contributed by atoms with Crippen molar-refractivity contribution in [2.45, 2.75) is 31.9 Å². The first-order valence-electron chi connectivity index (χ1n) is 9.93. The van der Waals surface area contributed by atoms with E-state index in [1.165, 1.54) is 5.56 Å². The van der Waals surface area contributed by atoms with E-state index < -0.39 is 5.72 Å². The average Bonchev–Trinajstić information content (AvgIpc) is 3.20. The van der Waals surface area contributed by atoms with Gasteiger partial charge >= 0.3 is 0 Å². The summed E-state index contributed by atoms with van der Waals surface area (Å²) in [5, 5.41) is 15.6. The van der Waals surface area contributed by atoms with E-state index in [-0.39, 0.29) is 0 Å². The number of aryl methyl sites for hydroxylation is 1. The third-order valence-corrected chi connectivity index (χ3v) is 5.84. The molecule has 1 N–H and O–H groups in total. The van der Waals surface area contributed by atoms with Crippen molar-refractivity contribution in [1.82, 2.24) is 25.5 Å². The Bertz CT molecular complexity index is 946. The topological polar surface area (TPSA) is 74.1 Å². The van der Waals surface area contributed by atoms with Crippen LogP contribution in [0.3, 0.4) is 0 Å². The fourth-order valence-corrected chi connectivity index (χ4v) is 4.14. The van der Waals surface area contributed by atoms with Crippen LogP contribution in [0.1, 0.15) is 29.8 Å². The van der Waals surface area contributed by atoms with Gasteiger partial charge in [0, 0.05) is 13.7 Å². The number of nitrogens with one attached hydrogen (secondary N) is 1. The molecule has 0 radical (unpaired) electrons. The number of piperidine rings is 1. The predicted octanol–water partition coefficient (Wildman–Crippen LogP) is 3.02. The number of para-hydroxylation sites is 1. The van der Waals surface area contributed by atoms with Crippen molar-refractivity contribution in [2.24, 2.45) is 5.92 Å². The Labute approximate surface area is 171 Å². The van der Waals surface area contributed by atoms with Crippen LogP contribution in [-0.4, -0.2) is 41.0 Å². The molecule has 2 heterocycles. The van der Waals surface area contributed by atoms with E-state index in [2.05, 4.69) is 51.2 Å². The molecule has 1 aliphatic rings. The second-order valence-corrected chi connectivity index (χ2v) is 7.52. The molecule has 4 rings (SSSR count). The fourth-order valence-electron chi connectivity index (χ4n) is 4.14. The van der Waals surface area contributed by atoms with Crippen LogP contribution >= 0.6 is 0 Å². The first kappa shape index (κ1) is 19.5. The van der Waals surface area contributed by atoms with Gasteiger partial charge in [0.2, 0.25) is 0 Å². The van der Waals surface area contributed by atoms with Crippen LogP contribution < -0.4 is 10.1 Å². The number of methoxy groups -OCH3 is 2. The van der Waals surface area contributed by atoms with Gasteiger partial charge in [-0.15, -0.1) is 5.10 Å². The van der Waals surface area contributed by atoms with Gasteiger partial charge in [-0.05, 0) is 71.9 Å². The third kappa shape index (κ3) is 3.88. The Kier molecular flexibility index (Phi) is 5.60. The van der Waals surface area contributed by atoms with Gasteiger partial charge in [-0.2, -0.15) is 4.68 Å². The Hall–Kier alpha value is -2.77. The van der Waals surface area contributed by atoms with Crippen LogP contribution in [0.2, 0.25) is 0 Å². The molecule has 2 atom stereocenters.